The van der Waals surface area contributed by atoms with Crippen LogP contribution in [0.3, 0.4) is 0 Å². The molecule has 17 nitrogen and oxygen atoms in total. The van der Waals surface area contributed by atoms with Crippen LogP contribution >= 0.6 is 0 Å². The second-order valence-corrected chi connectivity index (χ2v) is 17.7. The molecule has 0 spiro atoms. The van der Waals surface area contributed by atoms with Gasteiger partial charge in [-0.15, -0.1) is 0 Å². The van der Waals surface area contributed by atoms with E-state index in [4.69, 9.17) is 5.73 Å². The molecule has 380 valence electrons. The minimum atomic E-state index is -4.91. The second kappa shape index (κ2) is 18.8. The molecular formula is C49H38F8N12O5. The Balaban J connectivity index is 0.834. The number of aromatic nitrogens is 8. The molecule has 0 bridgehead atoms. The van der Waals surface area contributed by atoms with Crippen molar-refractivity contribution < 1.29 is 49.5 Å². The number of hydrogen-bond donors (Lipinski definition) is 4. The molecule has 10 rings (SSSR count). The first-order valence-electron chi connectivity index (χ1n) is 22.7. The van der Waals surface area contributed by atoms with Crippen LogP contribution in [0, 0.1) is 11.6 Å². The van der Waals surface area contributed by atoms with Crippen molar-refractivity contribution in [2.45, 2.75) is 64.5 Å². The quantitative estimate of drug-likeness (QED) is 0.115. The number of nitrogens with one attached hydrogen (secondary N) is 3. The first-order valence-corrected chi connectivity index (χ1v) is 22.7. The molecule has 74 heavy (non-hydrogen) atoms. The van der Waals surface area contributed by atoms with Gasteiger partial charge in [0.1, 0.15) is 11.6 Å². The maximum Gasteiger partial charge on any atom is 0.449 e. The molecule has 0 saturated carbocycles. The van der Waals surface area contributed by atoms with Crippen LogP contribution in [0.25, 0.3) is 21.5 Å². The number of rotatable bonds is 11. The lowest BCUT2D eigenvalue weighted by Gasteiger charge is -2.30. The lowest BCUT2D eigenvalue weighted by atomic mass is 10.0. The van der Waals surface area contributed by atoms with Crippen molar-refractivity contribution in [3.63, 3.8) is 0 Å². The third-order valence-electron chi connectivity index (χ3n) is 13.0. The van der Waals surface area contributed by atoms with Crippen LogP contribution in [-0.2, 0) is 64.5 Å². The molecule has 0 atom stereocenters. The van der Waals surface area contributed by atoms with E-state index in [2.05, 4.69) is 35.7 Å². The highest BCUT2D eigenvalue weighted by Crippen LogP contribution is 2.35. The maximum atomic E-state index is 15.4. The number of benzene rings is 4. The molecule has 0 unspecified atom stereocenters. The summed E-state index contributed by atoms with van der Waals surface area (Å²) in [6.45, 7) is -2.14. The Morgan fingerprint density at radius 2 is 1.08 bits per heavy atom. The molecule has 0 aliphatic carbocycles. The fourth-order valence-corrected chi connectivity index (χ4v) is 9.49. The Bertz CT molecular complexity index is 3730. The molecule has 0 fully saturated rings. The van der Waals surface area contributed by atoms with E-state index in [1.807, 2.05) is 0 Å². The molecule has 4 aromatic heterocycles. The average Bonchev–Trinajstić information content (AvgIpc) is 3.96. The summed E-state index contributed by atoms with van der Waals surface area (Å²) in [5.74, 6) is -7.15. The fraction of sp³-hybridized carbons (Fsp3) is 0.245. The van der Waals surface area contributed by atoms with Crippen molar-refractivity contribution in [3.05, 3.63) is 185 Å². The van der Waals surface area contributed by atoms with E-state index >= 15 is 8.78 Å². The number of carbonyl (C=O) groups excluding carboxylic acids is 3. The number of alkyl halides is 6. The van der Waals surface area contributed by atoms with Crippen LogP contribution in [0.2, 0.25) is 0 Å². The lowest BCUT2D eigenvalue weighted by Crippen LogP contribution is -2.40. The van der Waals surface area contributed by atoms with Gasteiger partial charge in [0, 0.05) is 62.9 Å². The van der Waals surface area contributed by atoms with E-state index < -0.39 is 83.3 Å². The summed E-state index contributed by atoms with van der Waals surface area (Å²) in [5, 5.41) is 17.8. The molecule has 2 aliphatic rings. The third kappa shape index (κ3) is 9.24. The van der Waals surface area contributed by atoms with Gasteiger partial charge < -0.3 is 30.0 Å². The molecule has 25 heteroatoms. The van der Waals surface area contributed by atoms with Crippen molar-refractivity contribution in [2.75, 3.05) is 13.1 Å². The molecule has 2 aliphatic heterocycles. The normalized spacial score (nSPS) is 13.9. The molecule has 0 saturated heterocycles. The van der Waals surface area contributed by atoms with Gasteiger partial charge in [-0.1, -0.05) is 42.5 Å². The van der Waals surface area contributed by atoms with E-state index in [0.29, 0.717) is 44.2 Å². The van der Waals surface area contributed by atoms with Crippen LogP contribution < -0.4 is 22.2 Å². The van der Waals surface area contributed by atoms with Gasteiger partial charge in [0.2, 0.25) is 11.6 Å². The number of imidazole rings is 2. The Labute approximate surface area is 410 Å². The topological polar surface area (TPSA) is 223 Å². The van der Waals surface area contributed by atoms with E-state index in [-0.39, 0.29) is 85.7 Å². The van der Waals surface area contributed by atoms with Crippen LogP contribution in [0.4, 0.5) is 35.1 Å². The van der Waals surface area contributed by atoms with Crippen LogP contribution in [0.1, 0.15) is 88.0 Å². The van der Waals surface area contributed by atoms with Gasteiger partial charge in [0.05, 0.1) is 63.5 Å². The first kappa shape index (κ1) is 49.0. The molecule has 6 heterocycles. The molecule has 8 aromatic rings. The fourth-order valence-electron chi connectivity index (χ4n) is 9.49. The number of H-pyrrole nitrogens is 2. The van der Waals surface area contributed by atoms with Gasteiger partial charge in [-0.25, -0.2) is 28.9 Å². The molecule has 3 amide bonds. The number of nitrogens with zero attached hydrogens (tertiary/aromatic N) is 8. The number of primary amides is 1. The van der Waals surface area contributed by atoms with Crippen molar-refractivity contribution in [1.82, 2.24) is 54.6 Å². The summed E-state index contributed by atoms with van der Waals surface area (Å²) < 4.78 is 116. The van der Waals surface area contributed by atoms with E-state index in [1.54, 1.807) is 42.5 Å². The zero-order chi connectivity index (χ0) is 52.4. The summed E-state index contributed by atoms with van der Waals surface area (Å²) in [4.78, 5) is 74.6. The van der Waals surface area contributed by atoms with E-state index in [0.717, 1.165) is 26.2 Å². The van der Waals surface area contributed by atoms with Crippen molar-refractivity contribution in [1.29, 1.82) is 0 Å². The molecule has 5 N–H and O–H groups in total. The summed E-state index contributed by atoms with van der Waals surface area (Å²) >= 11 is 0. The van der Waals surface area contributed by atoms with Crippen molar-refractivity contribution in [2.24, 2.45) is 5.73 Å². The molecule has 4 aromatic carbocycles. The van der Waals surface area contributed by atoms with Gasteiger partial charge in [0.25, 0.3) is 28.8 Å². The number of fused-ring (bicyclic) bond motifs is 4. The van der Waals surface area contributed by atoms with E-state index in [9.17, 15) is 50.3 Å². The summed E-state index contributed by atoms with van der Waals surface area (Å²) in [5.41, 5.74) is 4.95. The molecular weight excluding hydrogens is 989 g/mol. The second-order valence-electron chi connectivity index (χ2n) is 17.7. The smallest absolute Gasteiger partial charge is 0.364 e. The van der Waals surface area contributed by atoms with Gasteiger partial charge in [0.15, 0.2) is 5.69 Å². The summed E-state index contributed by atoms with van der Waals surface area (Å²) in [6.07, 6.45) is -9.67. The van der Waals surface area contributed by atoms with E-state index in [1.165, 1.54) is 29.2 Å². The predicted molar refractivity (Wildman–Crippen MR) is 246 cm³/mol. The zero-order valence-corrected chi connectivity index (χ0v) is 38.3. The number of aromatic amines is 2. The zero-order valence-electron chi connectivity index (χ0n) is 38.3. The SMILES string of the molecule is NC(=O)c1nc(C(F)(F)F)n2c1CN(C(=O)c1cc(Cc3n[nH]c(=O)c4cc(CNCc5nc(C(F)(F)F)n6c5CN(C(=O)c5cc(Cc7n[nH]c(=O)c8ccccc78)ccc5F)CC6)ccc34)ccc1F)CC2. The summed E-state index contributed by atoms with van der Waals surface area (Å²) in [6, 6.07) is 19.2. The number of nitrogens with two attached hydrogens (primary N) is 1. The highest BCUT2D eigenvalue weighted by atomic mass is 19.4. The lowest BCUT2D eigenvalue weighted by molar-refractivity contribution is -0.148. The minimum absolute atomic E-state index is 0.0137. The van der Waals surface area contributed by atoms with Gasteiger partial charge in [-0.05, 0) is 53.1 Å². The largest absolute Gasteiger partial charge is 0.449 e. The number of amides is 3. The predicted octanol–water partition coefficient (Wildman–Crippen LogP) is 5.75. The number of hydrogen-bond acceptors (Lipinski definition) is 10. The Hall–Kier alpha value is -8.61. The Morgan fingerprint density at radius 3 is 1.65 bits per heavy atom. The van der Waals surface area contributed by atoms with Crippen LogP contribution in [-0.4, -0.2) is 80.1 Å². The minimum Gasteiger partial charge on any atom is -0.364 e. The highest BCUT2D eigenvalue weighted by Gasteiger charge is 2.43. The van der Waals surface area contributed by atoms with Gasteiger partial charge in [-0.2, -0.15) is 36.5 Å². The third-order valence-corrected chi connectivity index (χ3v) is 13.0. The van der Waals surface area contributed by atoms with Crippen molar-refractivity contribution >= 4 is 39.3 Å². The monoisotopic (exact) mass is 1030 g/mol. The number of halogens is 8. The Morgan fingerprint density at radius 1 is 0.581 bits per heavy atom. The summed E-state index contributed by atoms with van der Waals surface area (Å²) in [7, 11) is 0. The molecule has 0 radical (unpaired) electrons. The first-order chi connectivity index (χ1) is 35.2. The van der Waals surface area contributed by atoms with Crippen LogP contribution in [0.15, 0.2) is 88.5 Å². The average molecular weight is 1030 g/mol. The standard InChI is InChI=1S/C49H38F8N12O5/c50-33-9-6-24(18-35-27-3-1-2-4-29(27)42(71)64-62-35)15-31(33)44(73)66-11-13-68-38(22-66)37(60-46(68)48(52,53)54)21-59-20-26-5-8-28-30(17-26)43(72)65-63-36(28)19-25-7-10-34(51)32(16-25)45(74)67-12-14-69-39(23-67)40(41(58)70)61-47(69)49(55,56)57/h1-10,15-17,59H,11-14,18-23H2,(H2,58,70)(H,64,71)(H,65,72). The van der Waals surface area contributed by atoms with Crippen LogP contribution in [0.5, 0.6) is 0 Å². The Kier molecular flexibility index (Phi) is 12.4. The number of carbonyl (C=O) groups is 3. The highest BCUT2D eigenvalue weighted by molar-refractivity contribution is 5.96. The van der Waals surface area contributed by atoms with Gasteiger partial charge in [-0.3, -0.25) is 24.0 Å². The maximum absolute atomic E-state index is 15.4. The van der Waals surface area contributed by atoms with Crippen molar-refractivity contribution in [3.8, 4) is 0 Å². The van der Waals surface area contributed by atoms with Gasteiger partial charge >= 0.3 is 12.4 Å².